The molecule has 1 unspecified atom stereocenters. The Morgan fingerprint density at radius 2 is 1.71 bits per heavy atom. The van der Waals surface area contributed by atoms with E-state index in [0.29, 0.717) is 5.92 Å². The summed E-state index contributed by atoms with van der Waals surface area (Å²) in [6, 6.07) is 21.9. The lowest BCUT2D eigenvalue weighted by molar-refractivity contribution is -0.115. The van der Waals surface area contributed by atoms with Crippen LogP contribution >= 0.6 is 0 Å². The number of hydrogen-bond donors (Lipinski definition) is 2. The number of aromatic nitrogens is 1. The summed E-state index contributed by atoms with van der Waals surface area (Å²) in [7, 11) is 0. The van der Waals surface area contributed by atoms with Crippen LogP contribution < -0.4 is 10.6 Å². The number of benzene rings is 2. The Morgan fingerprint density at radius 3 is 2.39 bits per heavy atom. The summed E-state index contributed by atoms with van der Waals surface area (Å²) >= 11 is 0. The molecule has 0 saturated heterocycles. The second kappa shape index (κ2) is 9.29. The molecule has 3 rings (SSSR count). The number of para-hydroxylation sites is 1. The van der Waals surface area contributed by atoms with E-state index in [1.807, 2.05) is 67.6 Å². The molecule has 4 heteroatoms. The fourth-order valence-electron chi connectivity index (χ4n) is 3.31. The first-order valence-corrected chi connectivity index (χ1v) is 9.65. The molecule has 2 aromatic carbocycles. The summed E-state index contributed by atoms with van der Waals surface area (Å²) in [5.41, 5.74) is 5.10. The zero-order valence-electron chi connectivity index (χ0n) is 16.6. The lowest BCUT2D eigenvalue weighted by atomic mass is 9.98. The highest BCUT2D eigenvalue weighted by Crippen LogP contribution is 2.27. The number of pyridine rings is 1. The molecule has 144 valence electrons. The van der Waals surface area contributed by atoms with Gasteiger partial charge in [0.25, 0.3) is 0 Å². The van der Waals surface area contributed by atoms with Crippen LogP contribution in [0.5, 0.6) is 0 Å². The smallest absolute Gasteiger partial charge is 0.238 e. The SMILES string of the molecule is Cc1cccc(C(C)C)c1NC(=O)CNC(c1ccccc1)c1ccccn1. The van der Waals surface area contributed by atoms with Gasteiger partial charge in [-0.25, -0.2) is 0 Å². The second-order valence-corrected chi connectivity index (χ2v) is 7.22. The summed E-state index contributed by atoms with van der Waals surface area (Å²) in [6.07, 6.45) is 1.77. The molecule has 4 nitrogen and oxygen atoms in total. The van der Waals surface area contributed by atoms with Gasteiger partial charge in [0.05, 0.1) is 18.3 Å². The number of rotatable bonds is 7. The average Bonchev–Trinajstić information content (AvgIpc) is 2.71. The van der Waals surface area contributed by atoms with Gasteiger partial charge in [-0.15, -0.1) is 0 Å². The Bertz CT molecular complexity index is 868. The number of carbonyl (C=O) groups excluding carboxylic acids is 1. The van der Waals surface area contributed by atoms with Gasteiger partial charge >= 0.3 is 0 Å². The molecule has 0 bridgehead atoms. The minimum Gasteiger partial charge on any atom is -0.324 e. The maximum Gasteiger partial charge on any atom is 0.238 e. The van der Waals surface area contributed by atoms with Gasteiger partial charge in [-0.2, -0.15) is 0 Å². The number of nitrogens with one attached hydrogen (secondary N) is 2. The largest absolute Gasteiger partial charge is 0.324 e. The van der Waals surface area contributed by atoms with Gasteiger partial charge in [0, 0.05) is 11.9 Å². The van der Waals surface area contributed by atoms with E-state index < -0.39 is 0 Å². The molecule has 0 aliphatic rings. The van der Waals surface area contributed by atoms with Crippen molar-refractivity contribution in [3.63, 3.8) is 0 Å². The molecular formula is C24H27N3O. The first-order valence-electron chi connectivity index (χ1n) is 9.65. The molecule has 1 heterocycles. The summed E-state index contributed by atoms with van der Waals surface area (Å²) in [6.45, 7) is 6.49. The van der Waals surface area contributed by atoms with Crippen molar-refractivity contribution >= 4 is 11.6 Å². The maximum absolute atomic E-state index is 12.7. The van der Waals surface area contributed by atoms with Gasteiger partial charge in [-0.3, -0.25) is 15.1 Å². The predicted octanol–water partition coefficient (Wildman–Crippen LogP) is 4.83. The first-order chi connectivity index (χ1) is 13.6. The predicted molar refractivity (Wildman–Crippen MR) is 114 cm³/mol. The highest BCUT2D eigenvalue weighted by atomic mass is 16.1. The van der Waals surface area contributed by atoms with Crippen LogP contribution in [0, 0.1) is 6.92 Å². The van der Waals surface area contributed by atoms with Crippen molar-refractivity contribution in [1.82, 2.24) is 10.3 Å². The van der Waals surface area contributed by atoms with Crippen LogP contribution in [-0.4, -0.2) is 17.4 Å². The van der Waals surface area contributed by atoms with Gasteiger partial charge in [-0.1, -0.05) is 68.4 Å². The zero-order valence-corrected chi connectivity index (χ0v) is 16.6. The number of amides is 1. The Kier molecular flexibility index (Phi) is 6.56. The molecule has 1 aromatic heterocycles. The van der Waals surface area contributed by atoms with Crippen LogP contribution in [-0.2, 0) is 4.79 Å². The molecule has 1 atom stereocenters. The van der Waals surface area contributed by atoms with Crippen LogP contribution in [0.4, 0.5) is 5.69 Å². The van der Waals surface area contributed by atoms with E-state index >= 15 is 0 Å². The normalized spacial score (nSPS) is 12.0. The molecular weight excluding hydrogens is 346 g/mol. The molecule has 0 saturated carbocycles. The molecule has 0 radical (unpaired) electrons. The lowest BCUT2D eigenvalue weighted by Gasteiger charge is -2.20. The number of aryl methyl sites for hydroxylation is 1. The third kappa shape index (κ3) is 4.84. The third-order valence-corrected chi connectivity index (χ3v) is 4.77. The van der Waals surface area contributed by atoms with Crippen molar-refractivity contribution in [3.8, 4) is 0 Å². The highest BCUT2D eigenvalue weighted by molar-refractivity contribution is 5.94. The maximum atomic E-state index is 12.7. The van der Waals surface area contributed by atoms with Crippen molar-refractivity contribution in [3.05, 3.63) is 95.3 Å². The molecule has 1 amide bonds. The Morgan fingerprint density at radius 1 is 0.964 bits per heavy atom. The van der Waals surface area contributed by atoms with E-state index in [9.17, 15) is 4.79 Å². The number of carbonyl (C=O) groups is 1. The van der Waals surface area contributed by atoms with Crippen molar-refractivity contribution < 1.29 is 4.79 Å². The van der Waals surface area contributed by atoms with Crippen LogP contribution in [0.25, 0.3) is 0 Å². The molecule has 0 aliphatic heterocycles. The van der Waals surface area contributed by atoms with Gasteiger partial charge in [0.2, 0.25) is 5.91 Å². The zero-order chi connectivity index (χ0) is 19.9. The summed E-state index contributed by atoms with van der Waals surface area (Å²) in [4.78, 5) is 17.2. The Balaban J connectivity index is 1.75. The molecule has 3 aromatic rings. The van der Waals surface area contributed by atoms with Crippen molar-refractivity contribution in [2.24, 2.45) is 0 Å². The fourth-order valence-corrected chi connectivity index (χ4v) is 3.31. The Hall–Kier alpha value is -2.98. The lowest BCUT2D eigenvalue weighted by Crippen LogP contribution is -2.32. The summed E-state index contributed by atoms with van der Waals surface area (Å²) in [5, 5.41) is 6.46. The van der Waals surface area contributed by atoms with Crippen molar-refractivity contribution in [1.29, 1.82) is 0 Å². The molecule has 0 aliphatic carbocycles. The number of anilines is 1. The fraction of sp³-hybridized carbons (Fsp3) is 0.250. The first kappa shape index (κ1) is 19.8. The summed E-state index contributed by atoms with van der Waals surface area (Å²) < 4.78 is 0. The van der Waals surface area contributed by atoms with Crippen LogP contribution in [0.1, 0.15) is 48.2 Å². The van der Waals surface area contributed by atoms with E-state index in [1.54, 1.807) is 6.20 Å². The molecule has 0 spiro atoms. The van der Waals surface area contributed by atoms with Crippen LogP contribution in [0.2, 0.25) is 0 Å². The average molecular weight is 374 g/mol. The highest BCUT2D eigenvalue weighted by Gasteiger charge is 2.17. The van der Waals surface area contributed by atoms with E-state index in [2.05, 4.69) is 35.5 Å². The minimum atomic E-state index is -0.144. The van der Waals surface area contributed by atoms with Crippen LogP contribution in [0.3, 0.4) is 0 Å². The molecule has 2 N–H and O–H groups in total. The summed E-state index contributed by atoms with van der Waals surface area (Å²) in [5.74, 6) is 0.279. The van der Waals surface area contributed by atoms with Gasteiger partial charge in [0.1, 0.15) is 0 Å². The number of nitrogens with zero attached hydrogens (tertiary/aromatic N) is 1. The van der Waals surface area contributed by atoms with E-state index in [0.717, 1.165) is 28.1 Å². The second-order valence-electron chi connectivity index (χ2n) is 7.22. The van der Waals surface area contributed by atoms with Crippen molar-refractivity contribution in [2.45, 2.75) is 32.7 Å². The number of hydrogen-bond acceptors (Lipinski definition) is 3. The third-order valence-electron chi connectivity index (χ3n) is 4.77. The van der Waals surface area contributed by atoms with Gasteiger partial charge < -0.3 is 5.32 Å². The minimum absolute atomic E-state index is 0.0620. The van der Waals surface area contributed by atoms with Gasteiger partial charge in [0.15, 0.2) is 0 Å². The monoisotopic (exact) mass is 373 g/mol. The topological polar surface area (TPSA) is 54.0 Å². The van der Waals surface area contributed by atoms with Crippen molar-refractivity contribution in [2.75, 3.05) is 11.9 Å². The van der Waals surface area contributed by atoms with E-state index in [-0.39, 0.29) is 18.5 Å². The van der Waals surface area contributed by atoms with Gasteiger partial charge in [-0.05, 0) is 41.7 Å². The van der Waals surface area contributed by atoms with E-state index in [4.69, 9.17) is 0 Å². The standard InChI is InChI=1S/C24H27N3O/c1-17(2)20-13-9-10-18(3)23(20)27-22(28)16-26-24(19-11-5-4-6-12-19)21-14-7-8-15-25-21/h4-15,17,24,26H,16H2,1-3H3,(H,27,28). The molecule has 0 fully saturated rings. The Labute approximate surface area is 167 Å². The van der Waals surface area contributed by atoms with E-state index in [1.165, 1.54) is 0 Å². The van der Waals surface area contributed by atoms with Crippen LogP contribution in [0.15, 0.2) is 72.9 Å². The quantitative estimate of drug-likeness (QED) is 0.624. The molecule has 28 heavy (non-hydrogen) atoms.